The average molecular weight is 518 g/mol. The number of rotatable bonds is 7. The molecule has 4 atom stereocenters. The molecule has 2 fully saturated rings. The molecule has 37 heavy (non-hydrogen) atoms. The van der Waals surface area contributed by atoms with Gasteiger partial charge in [-0.05, 0) is 56.3 Å². The number of carbonyl (C=O) groups excluding carboxylic acids is 1. The molecule has 204 valence electrons. The molecule has 3 N–H and O–H groups in total. The molecule has 1 amide bonds. The minimum Gasteiger partial charge on any atom is -0.495 e. The van der Waals surface area contributed by atoms with Crippen LogP contribution in [0.5, 0.6) is 11.5 Å². The molecule has 9 nitrogen and oxygen atoms in total. The number of fused-ring (bicyclic) bond motifs is 2. The fraction of sp³-hybridized carbons (Fsp3) is 0.679. The lowest BCUT2D eigenvalue weighted by molar-refractivity contribution is -0.176. The van der Waals surface area contributed by atoms with Crippen molar-refractivity contribution in [2.75, 3.05) is 20.3 Å². The number of carboxylic acid groups (broad SMARTS) is 2. The Morgan fingerprint density at radius 2 is 1.76 bits per heavy atom. The summed E-state index contributed by atoms with van der Waals surface area (Å²) in [5.41, 5.74) is -0.545. The number of hydrogen-bond donors (Lipinski definition) is 3. The Hall–Kier alpha value is -2.81. The zero-order valence-corrected chi connectivity index (χ0v) is 22.6. The summed E-state index contributed by atoms with van der Waals surface area (Å²) in [6.07, 6.45) is 4.75. The first kappa shape index (κ1) is 27.2. The van der Waals surface area contributed by atoms with E-state index < -0.39 is 30.0 Å². The Kier molecular flexibility index (Phi) is 6.76. The van der Waals surface area contributed by atoms with E-state index in [9.17, 15) is 29.7 Å². The number of aromatic carboxylic acids is 1. The topological polar surface area (TPSA) is 134 Å². The molecule has 0 saturated heterocycles. The maximum atomic E-state index is 13.3. The second-order valence-corrected chi connectivity index (χ2v) is 12.2. The Balaban J connectivity index is 1.78. The number of nitrogens with zero attached hydrogens (tertiary/aromatic N) is 1. The van der Waals surface area contributed by atoms with Crippen LogP contribution in [-0.4, -0.2) is 63.9 Å². The van der Waals surface area contributed by atoms with Crippen LogP contribution < -0.4 is 9.47 Å². The van der Waals surface area contributed by atoms with E-state index in [2.05, 4.69) is 20.8 Å². The predicted molar refractivity (Wildman–Crippen MR) is 135 cm³/mol. The third-order valence-electron chi connectivity index (χ3n) is 9.49. The van der Waals surface area contributed by atoms with Crippen LogP contribution in [0.3, 0.4) is 0 Å². The molecule has 3 aliphatic rings. The lowest BCUT2D eigenvalue weighted by Crippen LogP contribution is -2.59. The number of aliphatic carboxylic acids is 1. The SMILES string of the molecule is COc1c(C)c(OC[C@@H]2[C@@]3(C)CCCC(C)(C)[C@@H]3CC[C@@]2(C)O)c2c(c1C(=O)O)CN(CC(=O)O)C2=O. The van der Waals surface area contributed by atoms with Crippen molar-refractivity contribution in [3.05, 3.63) is 22.3 Å². The molecule has 0 spiro atoms. The molecule has 1 aromatic rings. The molecule has 1 aromatic carbocycles. The first-order chi connectivity index (χ1) is 17.2. The molecule has 1 aliphatic heterocycles. The first-order valence-corrected chi connectivity index (χ1v) is 13.0. The molecule has 0 bridgehead atoms. The Bertz CT molecular complexity index is 1140. The van der Waals surface area contributed by atoms with Crippen LogP contribution in [0, 0.1) is 29.6 Å². The largest absolute Gasteiger partial charge is 0.495 e. The van der Waals surface area contributed by atoms with Crippen molar-refractivity contribution in [3.63, 3.8) is 0 Å². The number of carboxylic acids is 2. The smallest absolute Gasteiger partial charge is 0.339 e. The molecule has 1 heterocycles. The van der Waals surface area contributed by atoms with E-state index in [-0.39, 0.29) is 58.1 Å². The van der Waals surface area contributed by atoms with Crippen molar-refractivity contribution < 1.29 is 39.2 Å². The van der Waals surface area contributed by atoms with Gasteiger partial charge in [-0.25, -0.2) is 4.79 Å². The highest BCUT2D eigenvalue weighted by Crippen LogP contribution is 2.62. The summed E-state index contributed by atoms with van der Waals surface area (Å²) in [6.45, 7) is 9.77. The van der Waals surface area contributed by atoms with Crippen LogP contribution in [0.2, 0.25) is 0 Å². The highest BCUT2D eigenvalue weighted by molar-refractivity contribution is 6.07. The van der Waals surface area contributed by atoms with Gasteiger partial charge in [0.1, 0.15) is 23.6 Å². The van der Waals surface area contributed by atoms with Crippen molar-refractivity contribution in [2.24, 2.45) is 22.7 Å². The van der Waals surface area contributed by atoms with Crippen molar-refractivity contribution in [2.45, 2.75) is 78.9 Å². The molecular formula is C28H39NO8. The minimum absolute atomic E-state index is 0.0677. The van der Waals surface area contributed by atoms with E-state index in [1.807, 2.05) is 6.92 Å². The van der Waals surface area contributed by atoms with Crippen LogP contribution in [0.4, 0.5) is 0 Å². The molecule has 2 aliphatic carbocycles. The second-order valence-electron chi connectivity index (χ2n) is 12.2. The fourth-order valence-corrected chi connectivity index (χ4v) is 7.80. The maximum absolute atomic E-state index is 13.3. The summed E-state index contributed by atoms with van der Waals surface area (Å²) in [5.74, 6) is -2.56. The van der Waals surface area contributed by atoms with Gasteiger partial charge in [-0.2, -0.15) is 0 Å². The molecular weight excluding hydrogens is 478 g/mol. The fourth-order valence-electron chi connectivity index (χ4n) is 7.80. The summed E-state index contributed by atoms with van der Waals surface area (Å²) >= 11 is 0. The lowest BCUT2D eigenvalue weighted by Gasteiger charge is -2.61. The van der Waals surface area contributed by atoms with E-state index in [4.69, 9.17) is 9.47 Å². The van der Waals surface area contributed by atoms with Crippen LogP contribution in [0.15, 0.2) is 0 Å². The first-order valence-electron chi connectivity index (χ1n) is 13.0. The van der Waals surface area contributed by atoms with Crippen LogP contribution in [-0.2, 0) is 11.3 Å². The molecule has 0 radical (unpaired) electrons. The number of aliphatic hydroxyl groups is 1. The van der Waals surface area contributed by atoms with Gasteiger partial charge in [-0.3, -0.25) is 9.59 Å². The molecule has 9 heteroatoms. The normalized spacial score (nSPS) is 30.5. The van der Waals surface area contributed by atoms with Gasteiger partial charge in [0.05, 0.1) is 24.9 Å². The molecule has 0 unspecified atom stereocenters. The van der Waals surface area contributed by atoms with Gasteiger partial charge in [0.2, 0.25) is 0 Å². The summed E-state index contributed by atoms with van der Waals surface area (Å²) < 4.78 is 11.9. The maximum Gasteiger partial charge on any atom is 0.339 e. The summed E-state index contributed by atoms with van der Waals surface area (Å²) in [4.78, 5) is 38.0. The van der Waals surface area contributed by atoms with E-state index in [1.165, 1.54) is 7.11 Å². The van der Waals surface area contributed by atoms with E-state index in [1.54, 1.807) is 6.92 Å². The van der Waals surface area contributed by atoms with Gasteiger partial charge < -0.3 is 29.7 Å². The second kappa shape index (κ2) is 9.19. The zero-order valence-electron chi connectivity index (χ0n) is 22.6. The number of ether oxygens (including phenoxy) is 2. The Labute approximate surface area is 217 Å². The standard InChI is InChI=1S/C28H39NO8/c1-15-22(36-6)21(25(33)34)16-12-29(13-19(30)31)24(32)20(16)23(15)37-14-18-27(4)10-7-9-26(2,3)17(27)8-11-28(18,5)35/h17-18,35H,7-14H2,1-6H3,(H,30,31)(H,33,34)/t17-,18+,27-,28+/m0/s1. The van der Waals surface area contributed by atoms with Crippen molar-refractivity contribution in [1.82, 2.24) is 4.90 Å². The van der Waals surface area contributed by atoms with Crippen LogP contribution in [0.1, 0.15) is 91.6 Å². The predicted octanol–water partition coefficient (Wildman–Crippen LogP) is 4.11. The summed E-state index contributed by atoms with van der Waals surface area (Å²) in [6, 6.07) is 0. The number of benzene rings is 1. The average Bonchev–Trinajstić information content (AvgIpc) is 3.07. The van der Waals surface area contributed by atoms with Gasteiger partial charge in [0.25, 0.3) is 5.91 Å². The number of amides is 1. The Morgan fingerprint density at radius 3 is 2.35 bits per heavy atom. The van der Waals surface area contributed by atoms with E-state index >= 15 is 0 Å². The van der Waals surface area contributed by atoms with Gasteiger partial charge in [-0.1, -0.05) is 27.2 Å². The van der Waals surface area contributed by atoms with Gasteiger partial charge in [0.15, 0.2) is 0 Å². The number of hydrogen-bond acceptors (Lipinski definition) is 6. The monoisotopic (exact) mass is 517 g/mol. The molecule has 2 saturated carbocycles. The van der Waals surface area contributed by atoms with E-state index in [0.29, 0.717) is 17.9 Å². The number of methoxy groups -OCH3 is 1. The molecule has 0 aromatic heterocycles. The summed E-state index contributed by atoms with van der Waals surface area (Å²) in [5, 5.41) is 30.8. The highest BCUT2D eigenvalue weighted by atomic mass is 16.5. The van der Waals surface area contributed by atoms with Gasteiger partial charge in [0, 0.05) is 23.6 Å². The lowest BCUT2D eigenvalue weighted by atomic mass is 9.46. The van der Waals surface area contributed by atoms with Crippen molar-refractivity contribution in [1.29, 1.82) is 0 Å². The number of carbonyl (C=O) groups is 3. The third-order valence-corrected chi connectivity index (χ3v) is 9.49. The van der Waals surface area contributed by atoms with Crippen LogP contribution in [0.25, 0.3) is 0 Å². The quantitative estimate of drug-likeness (QED) is 0.492. The van der Waals surface area contributed by atoms with Crippen LogP contribution >= 0.6 is 0 Å². The zero-order chi connectivity index (χ0) is 27.5. The van der Waals surface area contributed by atoms with Crippen molar-refractivity contribution >= 4 is 17.8 Å². The van der Waals surface area contributed by atoms with Gasteiger partial charge in [-0.15, -0.1) is 0 Å². The summed E-state index contributed by atoms with van der Waals surface area (Å²) in [7, 11) is 1.36. The van der Waals surface area contributed by atoms with Gasteiger partial charge >= 0.3 is 11.9 Å². The minimum atomic E-state index is -1.26. The molecule has 4 rings (SSSR count). The van der Waals surface area contributed by atoms with Crippen molar-refractivity contribution in [3.8, 4) is 11.5 Å². The Morgan fingerprint density at radius 1 is 1.08 bits per heavy atom. The third kappa shape index (κ3) is 4.35. The van der Waals surface area contributed by atoms with E-state index in [0.717, 1.165) is 30.6 Å². The highest BCUT2D eigenvalue weighted by Gasteiger charge is 2.58.